The monoisotopic (exact) mass is 405 g/mol. The zero-order valence-electron chi connectivity index (χ0n) is 15.2. The summed E-state index contributed by atoms with van der Waals surface area (Å²) in [5.74, 6) is 1.82. The van der Waals surface area contributed by atoms with Gasteiger partial charge in [-0.25, -0.2) is 8.42 Å². The van der Waals surface area contributed by atoms with Crippen LogP contribution in [0.2, 0.25) is 0 Å². The lowest BCUT2D eigenvalue weighted by molar-refractivity contribution is 0.378. The van der Waals surface area contributed by atoms with E-state index in [0.717, 1.165) is 34.3 Å². The third-order valence-electron chi connectivity index (χ3n) is 4.93. The van der Waals surface area contributed by atoms with Crippen LogP contribution in [0, 0.1) is 0 Å². The average Bonchev–Trinajstić information content (AvgIpc) is 2.73. The van der Waals surface area contributed by atoms with Crippen LogP contribution in [0.25, 0.3) is 0 Å². The second kappa shape index (κ2) is 7.61. The normalized spacial score (nSPS) is 17.9. The molecule has 144 valence electrons. The minimum Gasteiger partial charge on any atom is -0.495 e. The van der Waals surface area contributed by atoms with Gasteiger partial charge in [-0.15, -0.1) is 11.8 Å². The van der Waals surface area contributed by atoms with Crippen molar-refractivity contribution in [3.8, 4) is 5.75 Å². The first-order chi connectivity index (χ1) is 13.1. The van der Waals surface area contributed by atoms with E-state index in [2.05, 4.69) is 10.2 Å². The van der Waals surface area contributed by atoms with E-state index in [4.69, 9.17) is 4.74 Å². The molecule has 0 radical (unpaired) electrons. The highest BCUT2D eigenvalue weighted by atomic mass is 32.2. The zero-order valence-corrected chi connectivity index (χ0v) is 16.9. The Balaban J connectivity index is 1.50. The van der Waals surface area contributed by atoms with Crippen molar-refractivity contribution in [3.05, 3.63) is 42.5 Å². The molecule has 2 aromatic carbocycles. The van der Waals surface area contributed by atoms with Crippen molar-refractivity contribution < 1.29 is 13.2 Å². The van der Waals surface area contributed by atoms with Crippen molar-refractivity contribution in [3.63, 3.8) is 0 Å². The van der Waals surface area contributed by atoms with Gasteiger partial charge in [0.1, 0.15) is 5.75 Å². The van der Waals surface area contributed by atoms with Crippen molar-refractivity contribution in [2.45, 2.75) is 9.79 Å². The van der Waals surface area contributed by atoms with Crippen LogP contribution in [0.4, 0.5) is 11.4 Å². The molecule has 0 amide bonds. The number of thioether (sulfide) groups is 1. The predicted molar refractivity (Wildman–Crippen MR) is 110 cm³/mol. The number of fused-ring (bicyclic) bond motifs is 1. The number of methoxy groups -OCH3 is 1. The fraction of sp³-hybridized carbons (Fsp3) is 0.368. The van der Waals surface area contributed by atoms with Gasteiger partial charge < -0.3 is 15.0 Å². The topological polar surface area (TPSA) is 61.9 Å². The number of ether oxygens (including phenoxy) is 1. The van der Waals surface area contributed by atoms with E-state index >= 15 is 0 Å². The van der Waals surface area contributed by atoms with E-state index in [-0.39, 0.29) is 0 Å². The van der Waals surface area contributed by atoms with Gasteiger partial charge in [-0.05, 0) is 30.3 Å². The summed E-state index contributed by atoms with van der Waals surface area (Å²) < 4.78 is 33.2. The van der Waals surface area contributed by atoms with Crippen molar-refractivity contribution in [1.82, 2.24) is 4.31 Å². The molecule has 1 saturated heterocycles. The number of rotatable bonds is 4. The molecule has 1 fully saturated rings. The van der Waals surface area contributed by atoms with Gasteiger partial charge in [-0.2, -0.15) is 4.31 Å². The molecule has 0 saturated carbocycles. The molecule has 0 aliphatic carbocycles. The second-order valence-corrected chi connectivity index (χ2v) is 9.57. The summed E-state index contributed by atoms with van der Waals surface area (Å²) in [5.41, 5.74) is 1.92. The summed E-state index contributed by atoms with van der Waals surface area (Å²) in [6.07, 6.45) is 0. The number of sulfonamides is 1. The van der Waals surface area contributed by atoms with Crippen molar-refractivity contribution in [1.29, 1.82) is 0 Å². The molecule has 2 aliphatic heterocycles. The summed E-state index contributed by atoms with van der Waals surface area (Å²) in [6, 6.07) is 13.2. The highest BCUT2D eigenvalue weighted by Crippen LogP contribution is 2.34. The Morgan fingerprint density at radius 1 is 1.07 bits per heavy atom. The first-order valence-electron chi connectivity index (χ1n) is 8.98. The number of hydrogen-bond donors (Lipinski definition) is 1. The van der Waals surface area contributed by atoms with Crippen LogP contribution in [0.15, 0.2) is 52.3 Å². The molecule has 27 heavy (non-hydrogen) atoms. The molecule has 6 nitrogen and oxygen atoms in total. The molecule has 2 aromatic rings. The Labute approximate surface area is 164 Å². The van der Waals surface area contributed by atoms with Crippen LogP contribution in [-0.2, 0) is 10.0 Å². The van der Waals surface area contributed by atoms with Crippen molar-refractivity contribution in [2.75, 3.05) is 55.8 Å². The van der Waals surface area contributed by atoms with E-state index in [9.17, 15) is 8.42 Å². The fourth-order valence-electron chi connectivity index (χ4n) is 3.49. The Morgan fingerprint density at radius 3 is 2.63 bits per heavy atom. The lowest BCUT2D eigenvalue weighted by Gasteiger charge is -2.36. The molecule has 0 unspecified atom stereocenters. The predicted octanol–water partition coefficient (Wildman–Crippen LogP) is 2.72. The number of para-hydroxylation sites is 2. The lowest BCUT2D eigenvalue weighted by Crippen LogP contribution is -2.48. The largest absolute Gasteiger partial charge is 0.495 e. The lowest BCUT2D eigenvalue weighted by atomic mass is 10.2. The fourth-order valence-corrected chi connectivity index (χ4v) is 5.81. The van der Waals surface area contributed by atoms with Gasteiger partial charge in [0.25, 0.3) is 0 Å². The number of nitrogens with one attached hydrogen (secondary N) is 1. The summed E-state index contributed by atoms with van der Waals surface area (Å²) in [7, 11) is -1.84. The maximum absolute atomic E-state index is 13.1. The number of piperazine rings is 1. The molecule has 2 heterocycles. The SMILES string of the molecule is COc1ccccc1N1CCN(S(=O)(=O)c2ccc3c(c2)NCCS3)CC1. The van der Waals surface area contributed by atoms with Gasteiger partial charge in [0.15, 0.2) is 0 Å². The smallest absolute Gasteiger partial charge is 0.243 e. The van der Waals surface area contributed by atoms with Crippen LogP contribution >= 0.6 is 11.8 Å². The van der Waals surface area contributed by atoms with Gasteiger partial charge in [0.2, 0.25) is 10.0 Å². The zero-order chi connectivity index (χ0) is 18.9. The second-order valence-electron chi connectivity index (χ2n) is 6.50. The molecule has 0 bridgehead atoms. The maximum atomic E-state index is 13.1. The van der Waals surface area contributed by atoms with Gasteiger partial charge in [-0.1, -0.05) is 12.1 Å². The number of benzene rings is 2. The number of nitrogens with zero attached hydrogens (tertiary/aromatic N) is 2. The Hall–Kier alpha value is -1.90. The van der Waals surface area contributed by atoms with Crippen molar-refractivity contribution in [2.24, 2.45) is 0 Å². The highest BCUT2D eigenvalue weighted by molar-refractivity contribution is 7.99. The molecule has 1 N–H and O–H groups in total. The molecule has 4 rings (SSSR count). The van der Waals surface area contributed by atoms with Gasteiger partial charge in [0, 0.05) is 49.1 Å². The van der Waals surface area contributed by atoms with Crippen LogP contribution in [0.5, 0.6) is 5.75 Å². The minimum absolute atomic E-state index is 0.363. The van der Waals surface area contributed by atoms with Crippen LogP contribution in [-0.4, -0.2) is 58.3 Å². The Kier molecular flexibility index (Phi) is 5.21. The molecule has 8 heteroatoms. The van der Waals surface area contributed by atoms with E-state index < -0.39 is 10.0 Å². The van der Waals surface area contributed by atoms with Crippen LogP contribution < -0.4 is 15.0 Å². The summed E-state index contributed by atoms with van der Waals surface area (Å²) in [5, 5.41) is 3.29. The average molecular weight is 406 g/mol. The molecule has 0 atom stereocenters. The van der Waals surface area contributed by atoms with Crippen LogP contribution in [0.1, 0.15) is 0 Å². The van der Waals surface area contributed by atoms with E-state index in [1.54, 1.807) is 35.3 Å². The van der Waals surface area contributed by atoms with Gasteiger partial charge in [0.05, 0.1) is 17.7 Å². The summed E-state index contributed by atoms with van der Waals surface area (Å²) in [6.45, 7) is 3.05. The Bertz CT molecular complexity index is 926. The van der Waals surface area contributed by atoms with E-state index in [0.29, 0.717) is 31.1 Å². The first kappa shape index (κ1) is 18.5. The van der Waals surface area contributed by atoms with E-state index in [1.807, 2.05) is 30.3 Å². The van der Waals surface area contributed by atoms with Crippen LogP contribution in [0.3, 0.4) is 0 Å². The van der Waals surface area contributed by atoms with Gasteiger partial charge in [-0.3, -0.25) is 0 Å². The molecule has 0 spiro atoms. The standard InChI is InChI=1S/C19H23N3O3S2/c1-25-18-5-3-2-4-17(18)21-9-11-22(12-10-21)27(23,24)15-6-7-19-16(14-15)20-8-13-26-19/h2-7,14,20H,8-13H2,1H3. The Morgan fingerprint density at radius 2 is 1.85 bits per heavy atom. The first-order valence-corrected chi connectivity index (χ1v) is 11.4. The highest BCUT2D eigenvalue weighted by Gasteiger charge is 2.30. The molecular formula is C19H23N3O3S2. The quantitative estimate of drug-likeness (QED) is 0.844. The summed E-state index contributed by atoms with van der Waals surface area (Å²) in [4.78, 5) is 3.65. The third-order valence-corrected chi connectivity index (χ3v) is 7.90. The van der Waals surface area contributed by atoms with Crippen molar-refractivity contribution >= 4 is 33.2 Å². The minimum atomic E-state index is -3.49. The van der Waals surface area contributed by atoms with Gasteiger partial charge >= 0.3 is 0 Å². The maximum Gasteiger partial charge on any atom is 0.243 e. The summed E-state index contributed by atoms with van der Waals surface area (Å²) >= 11 is 1.76. The number of hydrogen-bond acceptors (Lipinski definition) is 6. The molecule has 0 aromatic heterocycles. The molecular weight excluding hydrogens is 382 g/mol. The number of anilines is 2. The van der Waals surface area contributed by atoms with E-state index in [1.165, 1.54) is 0 Å². The third kappa shape index (κ3) is 3.61. The molecule has 2 aliphatic rings.